The fraction of sp³-hybridized carbons (Fsp3) is 0.385. The summed E-state index contributed by atoms with van der Waals surface area (Å²) in [7, 11) is 2.08. The second-order valence-corrected chi connectivity index (χ2v) is 4.68. The highest BCUT2D eigenvalue weighted by molar-refractivity contribution is 5.82. The van der Waals surface area contributed by atoms with Gasteiger partial charge in [0.1, 0.15) is 5.69 Å². The van der Waals surface area contributed by atoms with Gasteiger partial charge in [-0.1, -0.05) is 11.3 Å². The van der Waals surface area contributed by atoms with E-state index in [4.69, 9.17) is 0 Å². The van der Waals surface area contributed by atoms with Crippen LogP contribution in [0.2, 0.25) is 0 Å². The number of hydrogen-bond acceptors (Lipinski definition) is 5. The van der Waals surface area contributed by atoms with Crippen molar-refractivity contribution in [3.05, 3.63) is 42.0 Å². The third-order valence-electron chi connectivity index (χ3n) is 3.05. The molecule has 0 fully saturated rings. The monoisotopic (exact) mass is 275 g/mol. The van der Waals surface area contributed by atoms with Crippen LogP contribution in [-0.4, -0.2) is 46.1 Å². The molecule has 0 radical (unpaired) electrons. The first-order chi connectivity index (χ1) is 9.65. The van der Waals surface area contributed by atoms with Crippen LogP contribution in [0.1, 0.15) is 16.2 Å². The molecule has 0 saturated carbocycles. The Hall–Kier alpha value is -2.28. The number of carbonyl (C=O) groups is 1. The minimum atomic E-state index is -1.30. The van der Waals surface area contributed by atoms with Crippen LogP contribution in [0.25, 0.3) is 0 Å². The summed E-state index contributed by atoms with van der Waals surface area (Å²) in [6.07, 6.45) is 4.09. The predicted octanol–water partition coefficient (Wildman–Crippen LogP) is -2.21. The maximum absolute atomic E-state index is 10.6. The molecule has 20 heavy (non-hydrogen) atoms. The normalized spacial score (nSPS) is 12.2. The van der Waals surface area contributed by atoms with Gasteiger partial charge in [0.2, 0.25) is 0 Å². The molecule has 2 rings (SSSR count). The first-order valence-electron chi connectivity index (χ1n) is 6.48. The van der Waals surface area contributed by atoms with Gasteiger partial charge in [0.25, 0.3) is 0 Å². The molecule has 0 saturated heterocycles. The van der Waals surface area contributed by atoms with E-state index in [0.29, 0.717) is 6.54 Å². The smallest absolute Gasteiger partial charge is 0.128 e. The number of hydrogen-bond donors (Lipinski definition) is 1. The number of carbonyl (C=O) groups excluding carboxylic acids is 1. The highest BCUT2D eigenvalue weighted by Gasteiger charge is 2.06. The minimum Gasteiger partial charge on any atom is -0.543 e. The molecule has 0 amide bonds. The highest BCUT2D eigenvalue weighted by Crippen LogP contribution is 1.92. The van der Waals surface area contributed by atoms with Gasteiger partial charge in [0.15, 0.2) is 0 Å². The van der Waals surface area contributed by atoms with Gasteiger partial charge in [0.05, 0.1) is 38.8 Å². The molecule has 0 spiro atoms. The number of aromatic nitrogens is 4. The summed E-state index contributed by atoms with van der Waals surface area (Å²) in [4.78, 5) is 16.2. The molecule has 106 valence electrons. The van der Waals surface area contributed by atoms with Crippen LogP contribution in [0, 0.1) is 0 Å². The molecule has 2 aromatic rings. The van der Waals surface area contributed by atoms with Gasteiger partial charge < -0.3 is 14.8 Å². The Morgan fingerprint density at radius 1 is 1.40 bits per heavy atom. The van der Waals surface area contributed by atoms with Crippen LogP contribution in [0.15, 0.2) is 30.6 Å². The maximum Gasteiger partial charge on any atom is 0.128 e. The number of carboxylic acids is 1. The predicted molar refractivity (Wildman–Crippen MR) is 68.9 cm³/mol. The molecular weight excluding hydrogens is 258 g/mol. The molecular formula is C13H17N5O2. The van der Waals surface area contributed by atoms with Gasteiger partial charge >= 0.3 is 0 Å². The van der Waals surface area contributed by atoms with Crippen molar-refractivity contribution in [1.82, 2.24) is 20.0 Å². The lowest BCUT2D eigenvalue weighted by Crippen LogP contribution is -3.09. The van der Waals surface area contributed by atoms with E-state index in [0.717, 1.165) is 25.2 Å². The zero-order valence-electron chi connectivity index (χ0n) is 11.3. The summed E-state index contributed by atoms with van der Waals surface area (Å²) < 4.78 is 1.52. The molecule has 0 aliphatic heterocycles. The topological polar surface area (TPSA) is 88.2 Å². The second kappa shape index (κ2) is 6.76. The lowest BCUT2D eigenvalue weighted by atomic mass is 10.2. The SMILES string of the molecule is C[NH+](CCc1ccccn1)CCn1cc(C(=O)[O-])nn1. The van der Waals surface area contributed by atoms with E-state index in [9.17, 15) is 9.90 Å². The van der Waals surface area contributed by atoms with E-state index in [1.54, 1.807) is 6.20 Å². The molecule has 1 unspecified atom stereocenters. The maximum atomic E-state index is 10.6. The molecule has 0 bridgehead atoms. The van der Waals surface area contributed by atoms with Gasteiger partial charge in [-0.15, -0.1) is 5.10 Å². The zero-order chi connectivity index (χ0) is 14.4. The number of pyridine rings is 1. The van der Waals surface area contributed by atoms with Crippen LogP contribution < -0.4 is 10.0 Å². The molecule has 7 heteroatoms. The molecule has 1 N–H and O–H groups in total. The fourth-order valence-corrected chi connectivity index (χ4v) is 1.82. The summed E-state index contributed by atoms with van der Waals surface area (Å²) in [5.41, 5.74) is 0.947. The van der Waals surface area contributed by atoms with Crippen molar-refractivity contribution in [2.45, 2.75) is 13.0 Å². The van der Waals surface area contributed by atoms with E-state index in [1.165, 1.54) is 15.8 Å². The third-order valence-corrected chi connectivity index (χ3v) is 3.05. The number of quaternary nitrogens is 1. The quantitative estimate of drug-likeness (QED) is 0.619. The molecule has 7 nitrogen and oxygen atoms in total. The van der Waals surface area contributed by atoms with Crippen LogP contribution in [-0.2, 0) is 13.0 Å². The van der Waals surface area contributed by atoms with Gasteiger partial charge in [-0.3, -0.25) is 4.98 Å². The molecule has 2 heterocycles. The van der Waals surface area contributed by atoms with E-state index in [2.05, 4.69) is 22.3 Å². The number of aromatic carboxylic acids is 1. The van der Waals surface area contributed by atoms with E-state index >= 15 is 0 Å². The lowest BCUT2D eigenvalue weighted by molar-refractivity contribution is -0.880. The molecule has 0 aliphatic carbocycles. The largest absolute Gasteiger partial charge is 0.543 e. The van der Waals surface area contributed by atoms with E-state index in [-0.39, 0.29) is 5.69 Å². The Kier molecular flexibility index (Phi) is 4.78. The molecule has 1 atom stereocenters. The Morgan fingerprint density at radius 3 is 2.90 bits per heavy atom. The number of nitrogens with one attached hydrogen (secondary N) is 1. The molecule has 2 aromatic heterocycles. The number of likely N-dealkylation sites (N-methyl/N-ethyl adjacent to an activating group) is 1. The summed E-state index contributed by atoms with van der Waals surface area (Å²) >= 11 is 0. The highest BCUT2D eigenvalue weighted by atomic mass is 16.4. The zero-order valence-corrected chi connectivity index (χ0v) is 11.3. The van der Waals surface area contributed by atoms with Crippen molar-refractivity contribution in [1.29, 1.82) is 0 Å². The molecule has 0 aromatic carbocycles. The number of rotatable bonds is 7. The second-order valence-electron chi connectivity index (χ2n) is 4.68. The summed E-state index contributed by atoms with van der Waals surface area (Å²) in [6, 6.07) is 5.89. The number of nitrogens with zero attached hydrogens (tertiary/aromatic N) is 4. The standard InChI is InChI=1S/C13H17N5O2/c1-17(7-5-11-4-2-3-6-14-11)8-9-18-10-12(13(19)20)15-16-18/h2-4,6,10H,5,7-9H2,1H3,(H,19,20). The Morgan fingerprint density at radius 2 is 2.25 bits per heavy atom. The van der Waals surface area contributed by atoms with E-state index < -0.39 is 5.97 Å². The average Bonchev–Trinajstić information content (AvgIpc) is 2.93. The van der Waals surface area contributed by atoms with Crippen molar-refractivity contribution < 1.29 is 14.8 Å². The van der Waals surface area contributed by atoms with Crippen molar-refractivity contribution in [2.24, 2.45) is 0 Å². The summed E-state index contributed by atoms with van der Waals surface area (Å²) in [6.45, 7) is 2.41. The molecule has 0 aliphatic rings. The fourth-order valence-electron chi connectivity index (χ4n) is 1.82. The van der Waals surface area contributed by atoms with Crippen molar-refractivity contribution in [2.75, 3.05) is 20.1 Å². The van der Waals surface area contributed by atoms with Gasteiger partial charge in [-0.25, -0.2) is 4.68 Å². The van der Waals surface area contributed by atoms with Crippen LogP contribution >= 0.6 is 0 Å². The first-order valence-corrected chi connectivity index (χ1v) is 6.48. The summed E-state index contributed by atoms with van der Waals surface area (Å²) in [5, 5.41) is 17.8. The van der Waals surface area contributed by atoms with Crippen LogP contribution in [0.3, 0.4) is 0 Å². The first kappa shape index (κ1) is 14.1. The Balaban J connectivity index is 1.74. The Bertz CT molecular complexity index is 555. The van der Waals surface area contributed by atoms with Crippen molar-refractivity contribution in [3.8, 4) is 0 Å². The average molecular weight is 275 g/mol. The van der Waals surface area contributed by atoms with Crippen LogP contribution in [0.4, 0.5) is 0 Å². The lowest BCUT2D eigenvalue weighted by Gasteiger charge is -2.13. The van der Waals surface area contributed by atoms with Gasteiger partial charge in [-0.05, 0) is 12.1 Å². The minimum absolute atomic E-state index is 0.129. The summed E-state index contributed by atoms with van der Waals surface area (Å²) in [5.74, 6) is -1.30. The van der Waals surface area contributed by atoms with Crippen LogP contribution in [0.5, 0.6) is 0 Å². The van der Waals surface area contributed by atoms with Gasteiger partial charge in [-0.2, -0.15) is 0 Å². The van der Waals surface area contributed by atoms with E-state index in [1.807, 2.05) is 18.2 Å². The Labute approximate surface area is 116 Å². The van der Waals surface area contributed by atoms with Crippen molar-refractivity contribution in [3.63, 3.8) is 0 Å². The van der Waals surface area contributed by atoms with Crippen molar-refractivity contribution >= 4 is 5.97 Å². The van der Waals surface area contributed by atoms with Gasteiger partial charge in [0, 0.05) is 18.3 Å². The number of carboxylic acid groups (broad SMARTS) is 1. The third kappa shape index (κ3) is 4.13.